The van der Waals surface area contributed by atoms with E-state index in [1.165, 1.54) is 4.90 Å². The molecule has 100 valence electrons. The van der Waals surface area contributed by atoms with Gasteiger partial charge in [0.2, 0.25) is 5.91 Å². The van der Waals surface area contributed by atoms with E-state index in [9.17, 15) is 9.59 Å². The predicted molar refractivity (Wildman–Crippen MR) is 64.7 cm³/mol. The molecule has 0 unspecified atom stereocenters. The van der Waals surface area contributed by atoms with Gasteiger partial charge in [-0.1, -0.05) is 0 Å². The lowest BCUT2D eigenvalue weighted by Crippen LogP contribution is -2.37. The second-order valence-electron chi connectivity index (χ2n) is 4.39. The molecule has 18 heavy (non-hydrogen) atoms. The van der Waals surface area contributed by atoms with Crippen LogP contribution in [0.15, 0.2) is 12.3 Å². The van der Waals surface area contributed by atoms with Crippen LogP contribution in [0, 0.1) is 0 Å². The van der Waals surface area contributed by atoms with Gasteiger partial charge < -0.3 is 10.8 Å². The number of carbonyl (C=O) groups is 2. The summed E-state index contributed by atoms with van der Waals surface area (Å²) in [7, 11) is 0. The predicted octanol–water partition coefficient (Wildman–Crippen LogP) is -0.164. The maximum absolute atomic E-state index is 10.9. The molecule has 0 spiro atoms. The molecule has 0 bridgehead atoms. The van der Waals surface area contributed by atoms with Gasteiger partial charge in [0.25, 0.3) is 0 Å². The van der Waals surface area contributed by atoms with Gasteiger partial charge in [-0.3, -0.25) is 19.2 Å². The number of primary amides is 1. The van der Waals surface area contributed by atoms with E-state index < -0.39 is 11.9 Å². The number of carbonyl (C=O) groups excluding carboxylic acids is 1. The second-order valence-corrected chi connectivity index (χ2v) is 4.39. The fraction of sp³-hybridized carbons (Fsp3) is 0.545. The highest BCUT2D eigenvalue weighted by Crippen LogP contribution is 2.06. The van der Waals surface area contributed by atoms with Crippen LogP contribution in [0.4, 0.5) is 0 Å². The smallest absolute Gasteiger partial charge is 0.317 e. The minimum Gasteiger partial charge on any atom is -0.480 e. The van der Waals surface area contributed by atoms with Crippen LogP contribution >= 0.6 is 0 Å². The standard InChI is InChI=1S/C11H18N4O3/c1-8(2)15-4-3-9(13-15)5-14(6-10(12)16)7-11(17)18/h3-4,8H,5-7H2,1-2H3,(H2,12,16)(H,17,18). The Morgan fingerprint density at radius 2 is 2.17 bits per heavy atom. The van der Waals surface area contributed by atoms with Crippen molar-refractivity contribution in [3.63, 3.8) is 0 Å². The summed E-state index contributed by atoms with van der Waals surface area (Å²) in [4.78, 5) is 23.0. The van der Waals surface area contributed by atoms with Crippen LogP contribution in [-0.2, 0) is 16.1 Å². The molecular weight excluding hydrogens is 236 g/mol. The van der Waals surface area contributed by atoms with E-state index >= 15 is 0 Å². The number of amides is 1. The topological polar surface area (TPSA) is 101 Å². The average Bonchev–Trinajstić information content (AvgIpc) is 2.63. The number of aromatic nitrogens is 2. The van der Waals surface area contributed by atoms with Gasteiger partial charge in [-0.15, -0.1) is 0 Å². The second kappa shape index (κ2) is 6.15. The highest BCUT2D eigenvalue weighted by Gasteiger charge is 2.14. The highest BCUT2D eigenvalue weighted by atomic mass is 16.4. The third-order valence-electron chi connectivity index (χ3n) is 2.32. The largest absolute Gasteiger partial charge is 0.480 e. The number of rotatable bonds is 7. The summed E-state index contributed by atoms with van der Waals surface area (Å²) in [5.74, 6) is -1.56. The van der Waals surface area contributed by atoms with Gasteiger partial charge in [-0.05, 0) is 19.9 Å². The van der Waals surface area contributed by atoms with E-state index in [-0.39, 0.29) is 25.7 Å². The Hall–Kier alpha value is -1.89. The lowest BCUT2D eigenvalue weighted by atomic mass is 10.3. The van der Waals surface area contributed by atoms with Gasteiger partial charge in [0.15, 0.2) is 0 Å². The molecule has 1 aromatic rings. The minimum atomic E-state index is -1.00. The molecule has 3 N–H and O–H groups in total. The van der Waals surface area contributed by atoms with Crippen LogP contribution in [0.2, 0.25) is 0 Å². The molecule has 7 heteroatoms. The number of nitrogens with two attached hydrogens (primary N) is 1. The van der Waals surface area contributed by atoms with E-state index in [1.54, 1.807) is 10.7 Å². The summed E-state index contributed by atoms with van der Waals surface area (Å²) in [6, 6.07) is 2.04. The van der Waals surface area contributed by atoms with E-state index in [2.05, 4.69) is 5.10 Å². The third-order valence-corrected chi connectivity index (χ3v) is 2.32. The van der Waals surface area contributed by atoms with Gasteiger partial charge in [-0.25, -0.2) is 0 Å². The summed E-state index contributed by atoms with van der Waals surface area (Å²) in [5, 5.41) is 13.0. The van der Waals surface area contributed by atoms with Crippen molar-refractivity contribution in [3.8, 4) is 0 Å². The van der Waals surface area contributed by atoms with E-state index in [0.717, 1.165) is 0 Å². The molecule has 1 heterocycles. The molecule has 1 aromatic heterocycles. The quantitative estimate of drug-likeness (QED) is 0.703. The van der Waals surface area contributed by atoms with Crippen LogP contribution in [0.3, 0.4) is 0 Å². The van der Waals surface area contributed by atoms with Crippen LogP contribution < -0.4 is 5.73 Å². The zero-order valence-corrected chi connectivity index (χ0v) is 10.5. The van der Waals surface area contributed by atoms with Crippen molar-refractivity contribution in [1.29, 1.82) is 0 Å². The molecule has 0 fully saturated rings. The molecule has 0 radical (unpaired) electrons. The van der Waals surface area contributed by atoms with Gasteiger partial charge in [0.1, 0.15) is 0 Å². The first-order valence-corrected chi connectivity index (χ1v) is 5.65. The van der Waals surface area contributed by atoms with Gasteiger partial charge in [0, 0.05) is 18.8 Å². The monoisotopic (exact) mass is 254 g/mol. The van der Waals surface area contributed by atoms with Crippen molar-refractivity contribution in [2.75, 3.05) is 13.1 Å². The average molecular weight is 254 g/mol. The first kappa shape index (κ1) is 14.2. The molecule has 1 rings (SSSR count). The summed E-state index contributed by atoms with van der Waals surface area (Å²) in [5.41, 5.74) is 5.79. The Balaban J connectivity index is 2.68. The minimum absolute atomic E-state index is 0.0964. The van der Waals surface area contributed by atoms with Crippen molar-refractivity contribution in [2.24, 2.45) is 5.73 Å². The molecule has 0 atom stereocenters. The third kappa shape index (κ3) is 4.54. The number of hydrogen-bond donors (Lipinski definition) is 2. The van der Waals surface area contributed by atoms with Crippen LogP contribution in [0.1, 0.15) is 25.6 Å². The summed E-state index contributed by atoms with van der Waals surface area (Å²) in [6.45, 7) is 3.94. The van der Waals surface area contributed by atoms with Gasteiger partial charge in [-0.2, -0.15) is 5.10 Å². The molecular formula is C11H18N4O3. The fourth-order valence-corrected chi connectivity index (χ4v) is 1.56. The Kier molecular flexibility index (Phi) is 4.85. The number of carboxylic acids is 1. The zero-order chi connectivity index (χ0) is 13.7. The lowest BCUT2D eigenvalue weighted by Gasteiger charge is -2.16. The van der Waals surface area contributed by atoms with Crippen LogP contribution in [-0.4, -0.2) is 44.8 Å². The maximum atomic E-state index is 10.9. The normalized spacial score (nSPS) is 11.1. The van der Waals surface area contributed by atoms with Crippen molar-refractivity contribution >= 4 is 11.9 Å². The number of carboxylic acid groups (broad SMARTS) is 1. The highest BCUT2D eigenvalue weighted by molar-refractivity contribution is 5.77. The number of nitrogens with zero attached hydrogens (tertiary/aromatic N) is 3. The number of aliphatic carboxylic acids is 1. The zero-order valence-electron chi connectivity index (χ0n) is 10.5. The van der Waals surface area contributed by atoms with Crippen LogP contribution in [0.5, 0.6) is 0 Å². The van der Waals surface area contributed by atoms with Gasteiger partial charge in [0.05, 0.1) is 18.8 Å². The van der Waals surface area contributed by atoms with E-state index in [4.69, 9.17) is 10.8 Å². The Morgan fingerprint density at radius 3 is 2.61 bits per heavy atom. The van der Waals surface area contributed by atoms with E-state index in [1.807, 2.05) is 20.0 Å². The maximum Gasteiger partial charge on any atom is 0.317 e. The fourth-order valence-electron chi connectivity index (χ4n) is 1.56. The van der Waals surface area contributed by atoms with Gasteiger partial charge >= 0.3 is 5.97 Å². The Labute approximate surface area is 105 Å². The molecule has 0 aliphatic rings. The first-order chi connectivity index (χ1) is 8.38. The van der Waals surface area contributed by atoms with Crippen molar-refractivity contribution < 1.29 is 14.7 Å². The van der Waals surface area contributed by atoms with Crippen molar-refractivity contribution in [3.05, 3.63) is 18.0 Å². The lowest BCUT2D eigenvalue weighted by molar-refractivity contribution is -0.138. The van der Waals surface area contributed by atoms with Crippen molar-refractivity contribution in [2.45, 2.75) is 26.4 Å². The van der Waals surface area contributed by atoms with Crippen molar-refractivity contribution in [1.82, 2.24) is 14.7 Å². The van der Waals surface area contributed by atoms with Crippen LogP contribution in [0.25, 0.3) is 0 Å². The summed E-state index contributed by atoms with van der Waals surface area (Å²) in [6.07, 6.45) is 1.82. The molecule has 0 aliphatic carbocycles. The molecule has 0 saturated carbocycles. The Morgan fingerprint density at radius 1 is 1.50 bits per heavy atom. The molecule has 0 aromatic carbocycles. The molecule has 7 nitrogen and oxygen atoms in total. The summed E-state index contributed by atoms with van der Waals surface area (Å²) < 4.78 is 1.78. The molecule has 0 saturated heterocycles. The molecule has 0 aliphatic heterocycles. The summed E-state index contributed by atoms with van der Waals surface area (Å²) >= 11 is 0. The number of hydrogen-bond acceptors (Lipinski definition) is 4. The molecule has 1 amide bonds. The first-order valence-electron chi connectivity index (χ1n) is 5.65. The Bertz CT molecular complexity index is 412. The van der Waals surface area contributed by atoms with E-state index in [0.29, 0.717) is 5.69 Å². The SMILES string of the molecule is CC(C)n1ccc(CN(CC(N)=O)CC(=O)O)n1.